The Morgan fingerprint density at radius 3 is 2.14 bits per heavy atom. The van der Waals surface area contributed by atoms with Crippen LogP contribution in [0.1, 0.15) is 20.7 Å². The van der Waals surface area contributed by atoms with Crippen LogP contribution in [0.25, 0.3) is 0 Å². The Morgan fingerprint density at radius 2 is 1.50 bits per heavy atom. The number of benzene rings is 2. The van der Waals surface area contributed by atoms with E-state index in [-0.39, 0.29) is 24.2 Å². The van der Waals surface area contributed by atoms with Crippen LogP contribution in [0.15, 0.2) is 54.6 Å². The van der Waals surface area contributed by atoms with Crippen LogP contribution in [0.5, 0.6) is 0 Å². The van der Waals surface area contributed by atoms with E-state index in [1.54, 1.807) is 28.0 Å². The number of nitrogens with zero attached hydrogens (tertiary/aromatic N) is 2. The van der Waals surface area contributed by atoms with E-state index in [0.717, 1.165) is 0 Å². The van der Waals surface area contributed by atoms with Crippen molar-refractivity contribution in [3.05, 3.63) is 65.7 Å². The number of anilines is 1. The van der Waals surface area contributed by atoms with Gasteiger partial charge in [-0.15, -0.1) is 11.6 Å². The summed E-state index contributed by atoms with van der Waals surface area (Å²) in [5.74, 6) is 0.0284. The number of aliphatic hydroxyl groups excluding tert-OH is 1. The maximum absolute atomic E-state index is 13.0. The second-order valence-corrected chi connectivity index (χ2v) is 6.99. The summed E-state index contributed by atoms with van der Waals surface area (Å²) in [7, 11) is 0. The van der Waals surface area contributed by atoms with Gasteiger partial charge in [-0.2, -0.15) is 0 Å². The van der Waals surface area contributed by atoms with Gasteiger partial charge in [-0.05, 0) is 24.3 Å². The lowest BCUT2D eigenvalue weighted by molar-refractivity contribution is 0.0536. The number of aliphatic hydroxyl groups is 1. The minimum absolute atomic E-state index is 0.00942. The highest BCUT2D eigenvalue weighted by Crippen LogP contribution is 2.19. The summed E-state index contributed by atoms with van der Waals surface area (Å²) in [6, 6.07) is 16.4. The number of carbonyl (C=O) groups excluding carboxylic acids is 2. The highest BCUT2D eigenvalue weighted by molar-refractivity contribution is 6.18. The monoisotopic (exact) mass is 401 g/mol. The lowest BCUT2D eigenvalue weighted by atomic mass is 10.1. The van der Waals surface area contributed by atoms with E-state index >= 15 is 0 Å². The van der Waals surface area contributed by atoms with Gasteiger partial charge in [0.15, 0.2) is 0 Å². The average Bonchev–Trinajstić information content (AvgIpc) is 2.77. The average molecular weight is 402 g/mol. The van der Waals surface area contributed by atoms with Crippen LogP contribution in [-0.2, 0) is 0 Å². The smallest absolute Gasteiger partial charge is 0.256 e. The summed E-state index contributed by atoms with van der Waals surface area (Å²) >= 11 is 5.63. The number of halogens is 1. The van der Waals surface area contributed by atoms with Crippen LogP contribution in [0.3, 0.4) is 0 Å². The third-order valence-electron chi connectivity index (χ3n) is 4.74. The summed E-state index contributed by atoms with van der Waals surface area (Å²) in [6.45, 7) is 2.24. The molecule has 1 fully saturated rings. The Balaban J connectivity index is 1.62. The minimum Gasteiger partial charge on any atom is -0.390 e. The molecule has 0 aliphatic carbocycles. The number of piperazine rings is 1. The number of alkyl halides is 1. The lowest BCUT2D eigenvalue weighted by Gasteiger charge is -2.35. The molecular weight excluding hydrogens is 378 g/mol. The highest BCUT2D eigenvalue weighted by Gasteiger charge is 2.26. The number of hydrogen-bond acceptors (Lipinski definition) is 4. The van der Waals surface area contributed by atoms with Gasteiger partial charge in [0, 0.05) is 44.0 Å². The number of carbonyl (C=O) groups is 2. The Kier molecular flexibility index (Phi) is 6.90. The molecule has 0 spiro atoms. The van der Waals surface area contributed by atoms with Crippen molar-refractivity contribution in [1.82, 2.24) is 9.80 Å². The first-order valence-corrected chi connectivity index (χ1v) is 9.84. The Morgan fingerprint density at radius 1 is 0.929 bits per heavy atom. The molecule has 2 N–H and O–H groups in total. The van der Waals surface area contributed by atoms with E-state index in [2.05, 4.69) is 5.32 Å². The van der Waals surface area contributed by atoms with E-state index in [9.17, 15) is 14.7 Å². The maximum atomic E-state index is 13.0. The van der Waals surface area contributed by atoms with Gasteiger partial charge in [-0.1, -0.05) is 30.3 Å². The van der Waals surface area contributed by atoms with Crippen molar-refractivity contribution in [2.45, 2.75) is 6.10 Å². The second kappa shape index (κ2) is 9.57. The summed E-state index contributed by atoms with van der Waals surface area (Å²) in [5, 5.41) is 12.7. The minimum atomic E-state index is -0.683. The van der Waals surface area contributed by atoms with Gasteiger partial charge in [0.05, 0.1) is 17.5 Å². The molecule has 2 aromatic rings. The molecule has 3 rings (SSSR count). The van der Waals surface area contributed by atoms with Crippen LogP contribution < -0.4 is 5.32 Å². The third-order valence-corrected chi connectivity index (χ3v) is 5.09. The third kappa shape index (κ3) is 4.82. The molecule has 148 valence electrons. The fourth-order valence-electron chi connectivity index (χ4n) is 3.15. The van der Waals surface area contributed by atoms with Gasteiger partial charge in [0.2, 0.25) is 0 Å². The number of rotatable bonds is 6. The number of hydrogen-bond donors (Lipinski definition) is 2. The maximum Gasteiger partial charge on any atom is 0.256 e. The Bertz CT molecular complexity index is 808. The van der Waals surface area contributed by atoms with Crippen molar-refractivity contribution in [3.63, 3.8) is 0 Å². The van der Waals surface area contributed by atoms with Gasteiger partial charge >= 0.3 is 0 Å². The first-order chi connectivity index (χ1) is 13.6. The van der Waals surface area contributed by atoms with Crippen LogP contribution in [0.4, 0.5) is 5.69 Å². The van der Waals surface area contributed by atoms with E-state index < -0.39 is 6.10 Å². The molecule has 2 aromatic carbocycles. The molecule has 0 saturated carbocycles. The summed E-state index contributed by atoms with van der Waals surface area (Å²) in [5.41, 5.74) is 1.88. The van der Waals surface area contributed by atoms with E-state index in [0.29, 0.717) is 43.0 Å². The first kappa shape index (κ1) is 20.2. The fourth-order valence-corrected chi connectivity index (χ4v) is 3.26. The van der Waals surface area contributed by atoms with Gasteiger partial charge in [-0.3, -0.25) is 9.59 Å². The molecule has 28 heavy (non-hydrogen) atoms. The zero-order valence-electron chi connectivity index (χ0n) is 15.6. The normalized spacial score (nSPS) is 15.2. The quantitative estimate of drug-likeness (QED) is 0.728. The van der Waals surface area contributed by atoms with Crippen molar-refractivity contribution in [2.75, 3.05) is 43.9 Å². The van der Waals surface area contributed by atoms with Crippen molar-refractivity contribution in [3.8, 4) is 0 Å². The standard InChI is InChI=1S/C21H24ClN3O3/c22-14-17(26)15-23-19-9-5-4-8-18(19)21(28)25-12-10-24(11-13-25)20(27)16-6-2-1-3-7-16/h1-9,17,23,26H,10-15H2. The van der Waals surface area contributed by atoms with Crippen LogP contribution in [-0.4, -0.2) is 71.4 Å². The molecule has 0 bridgehead atoms. The molecule has 1 aliphatic heterocycles. The van der Waals surface area contributed by atoms with E-state index in [4.69, 9.17) is 11.6 Å². The molecule has 0 radical (unpaired) electrons. The van der Waals surface area contributed by atoms with Crippen LogP contribution in [0.2, 0.25) is 0 Å². The zero-order chi connectivity index (χ0) is 19.9. The zero-order valence-corrected chi connectivity index (χ0v) is 16.3. The Hall–Kier alpha value is -2.57. The summed E-state index contributed by atoms with van der Waals surface area (Å²) in [6.07, 6.45) is -0.683. The molecule has 1 saturated heterocycles. The molecule has 1 heterocycles. The predicted octanol–water partition coefficient (Wildman–Crippen LogP) is 2.30. The van der Waals surface area contributed by atoms with Crippen molar-refractivity contribution in [2.24, 2.45) is 0 Å². The van der Waals surface area contributed by atoms with Crippen LogP contribution in [0, 0.1) is 0 Å². The van der Waals surface area contributed by atoms with Crippen molar-refractivity contribution < 1.29 is 14.7 Å². The van der Waals surface area contributed by atoms with Gasteiger partial charge < -0.3 is 20.2 Å². The second-order valence-electron chi connectivity index (χ2n) is 6.69. The van der Waals surface area contributed by atoms with Crippen molar-refractivity contribution >= 4 is 29.1 Å². The number of nitrogens with one attached hydrogen (secondary N) is 1. The van der Waals surface area contributed by atoms with Gasteiger partial charge in [0.1, 0.15) is 0 Å². The molecule has 7 heteroatoms. The van der Waals surface area contributed by atoms with Gasteiger partial charge in [-0.25, -0.2) is 0 Å². The lowest BCUT2D eigenvalue weighted by Crippen LogP contribution is -2.50. The van der Waals surface area contributed by atoms with E-state index in [1.165, 1.54) is 0 Å². The van der Waals surface area contributed by atoms with Crippen LogP contribution >= 0.6 is 11.6 Å². The fraction of sp³-hybridized carbons (Fsp3) is 0.333. The molecule has 0 aromatic heterocycles. The largest absolute Gasteiger partial charge is 0.390 e. The highest BCUT2D eigenvalue weighted by atomic mass is 35.5. The summed E-state index contributed by atoms with van der Waals surface area (Å²) in [4.78, 5) is 29.1. The molecule has 1 aliphatic rings. The molecule has 1 atom stereocenters. The summed E-state index contributed by atoms with van der Waals surface area (Å²) < 4.78 is 0. The molecule has 2 amide bonds. The Labute approximate surface area is 169 Å². The van der Waals surface area contributed by atoms with E-state index in [1.807, 2.05) is 36.4 Å². The number of para-hydroxylation sites is 1. The molecule has 6 nitrogen and oxygen atoms in total. The first-order valence-electron chi connectivity index (χ1n) is 9.30. The predicted molar refractivity (Wildman–Crippen MR) is 110 cm³/mol. The molecular formula is C21H24ClN3O3. The topological polar surface area (TPSA) is 72.9 Å². The van der Waals surface area contributed by atoms with Crippen molar-refractivity contribution in [1.29, 1.82) is 0 Å². The number of amides is 2. The molecule has 1 unspecified atom stereocenters. The van der Waals surface area contributed by atoms with Gasteiger partial charge in [0.25, 0.3) is 11.8 Å². The SMILES string of the molecule is O=C(c1ccccc1)N1CCN(C(=O)c2ccccc2NCC(O)CCl)CC1.